The first-order chi connectivity index (χ1) is 19.5. The summed E-state index contributed by atoms with van der Waals surface area (Å²) in [6.07, 6.45) is -5.66. The predicted molar refractivity (Wildman–Crippen MR) is 138 cm³/mol. The number of nitrogens with one attached hydrogen (secondary N) is 3. The van der Waals surface area contributed by atoms with Crippen LogP contribution in [0.5, 0.6) is 0 Å². The number of fused-ring (bicyclic) bond motifs is 1. The molecule has 0 spiro atoms. The molecule has 1 aliphatic rings. The smallest absolute Gasteiger partial charge is 0.349 e. The molecule has 214 valence electrons. The molecule has 5 rings (SSSR count). The van der Waals surface area contributed by atoms with Crippen molar-refractivity contribution in [2.24, 2.45) is 5.92 Å². The van der Waals surface area contributed by atoms with Gasteiger partial charge in [-0.3, -0.25) is 9.78 Å². The quantitative estimate of drug-likeness (QED) is 0.262. The van der Waals surface area contributed by atoms with Crippen LogP contribution in [0.15, 0.2) is 54.9 Å². The van der Waals surface area contributed by atoms with Gasteiger partial charge in [0.2, 0.25) is 5.91 Å². The van der Waals surface area contributed by atoms with Gasteiger partial charge in [0, 0.05) is 23.1 Å². The van der Waals surface area contributed by atoms with Gasteiger partial charge in [0.25, 0.3) is 0 Å². The average Bonchev–Trinajstić information content (AvgIpc) is 2.95. The molecule has 0 unspecified atom stereocenters. The molecule has 1 saturated heterocycles. The van der Waals surface area contributed by atoms with Crippen molar-refractivity contribution in [1.29, 1.82) is 0 Å². The minimum Gasteiger partial charge on any atom is -0.349 e. The maximum Gasteiger partial charge on any atom is 0.433 e. The highest BCUT2D eigenvalue weighted by Gasteiger charge is 2.34. The van der Waals surface area contributed by atoms with Crippen LogP contribution < -0.4 is 16.0 Å². The van der Waals surface area contributed by atoms with E-state index < -0.39 is 23.6 Å². The summed E-state index contributed by atoms with van der Waals surface area (Å²) in [5, 5.41) is 9.28. The van der Waals surface area contributed by atoms with Crippen molar-refractivity contribution in [3.05, 3.63) is 71.9 Å². The monoisotopic (exact) mass is 575 g/mol. The number of benzene rings is 1. The molecule has 8 nitrogen and oxygen atoms in total. The van der Waals surface area contributed by atoms with E-state index in [1.807, 2.05) is 0 Å². The number of hydrogen-bond acceptors (Lipinski definition) is 7. The predicted octanol–water partition coefficient (Wildman–Crippen LogP) is 5.48. The van der Waals surface area contributed by atoms with Crippen molar-refractivity contribution in [3.63, 3.8) is 0 Å². The molecule has 0 radical (unpaired) electrons. The molecule has 0 bridgehead atoms. The summed E-state index contributed by atoms with van der Waals surface area (Å²) < 4.78 is 79.8. The Hall–Kier alpha value is -4.33. The molecule has 1 aliphatic heterocycles. The standard InChI is InChI=1S/C27H23F6N7O/c28-26(29,30)19-2-1-9-35-23(19)16-3-5-18-20(12-16)39-22(14-37-25(41)15-7-10-34-11-8-15)40-24(18)38-17-4-6-21(36-13-17)27(31,32)33/h1-6,9,12-13,15,34H,7-8,10-11,14H2,(H,37,41)(H,38,39,40). The van der Waals surface area contributed by atoms with E-state index in [1.165, 1.54) is 36.5 Å². The van der Waals surface area contributed by atoms with Gasteiger partial charge in [0.05, 0.1) is 35.2 Å². The first-order valence-electron chi connectivity index (χ1n) is 12.6. The number of anilines is 2. The van der Waals surface area contributed by atoms with E-state index in [2.05, 4.69) is 35.9 Å². The first kappa shape index (κ1) is 28.2. The zero-order valence-corrected chi connectivity index (χ0v) is 21.3. The van der Waals surface area contributed by atoms with E-state index in [4.69, 9.17) is 0 Å². The summed E-state index contributed by atoms with van der Waals surface area (Å²) in [5.74, 6) is -0.0274. The van der Waals surface area contributed by atoms with Gasteiger partial charge in [-0.25, -0.2) is 15.0 Å². The SMILES string of the molecule is O=C(NCc1nc(Nc2ccc(C(F)(F)F)nc2)c2ccc(-c3ncccc3C(F)(F)F)cc2n1)C1CCNCC1. The van der Waals surface area contributed by atoms with Crippen LogP contribution in [-0.2, 0) is 23.7 Å². The molecule has 1 aromatic carbocycles. The van der Waals surface area contributed by atoms with Crippen LogP contribution in [0.3, 0.4) is 0 Å². The maximum absolute atomic E-state index is 13.7. The number of alkyl halides is 6. The Morgan fingerprint density at radius 2 is 1.73 bits per heavy atom. The maximum atomic E-state index is 13.7. The first-order valence-corrected chi connectivity index (χ1v) is 12.6. The second-order valence-corrected chi connectivity index (χ2v) is 9.41. The highest BCUT2D eigenvalue weighted by Crippen LogP contribution is 2.37. The van der Waals surface area contributed by atoms with Crippen molar-refractivity contribution >= 4 is 28.3 Å². The summed E-state index contributed by atoms with van der Waals surface area (Å²) >= 11 is 0. The third-order valence-corrected chi connectivity index (χ3v) is 6.58. The summed E-state index contributed by atoms with van der Waals surface area (Å²) in [4.78, 5) is 29.0. The molecule has 3 N–H and O–H groups in total. The van der Waals surface area contributed by atoms with Crippen LogP contribution in [0.2, 0.25) is 0 Å². The normalized spacial score (nSPS) is 14.7. The van der Waals surface area contributed by atoms with Crippen molar-refractivity contribution in [1.82, 2.24) is 30.6 Å². The number of amides is 1. The van der Waals surface area contributed by atoms with Gasteiger partial charge in [-0.05, 0) is 62.3 Å². The van der Waals surface area contributed by atoms with Crippen LogP contribution in [-0.4, -0.2) is 38.9 Å². The average molecular weight is 576 g/mol. The van der Waals surface area contributed by atoms with E-state index >= 15 is 0 Å². The number of carbonyl (C=O) groups is 1. The van der Waals surface area contributed by atoms with Crippen LogP contribution in [0, 0.1) is 5.92 Å². The lowest BCUT2D eigenvalue weighted by atomic mass is 9.97. The highest BCUT2D eigenvalue weighted by atomic mass is 19.4. The number of piperidine rings is 1. The Morgan fingerprint density at radius 3 is 2.41 bits per heavy atom. The zero-order chi connectivity index (χ0) is 29.2. The molecule has 41 heavy (non-hydrogen) atoms. The van der Waals surface area contributed by atoms with Gasteiger partial charge in [-0.15, -0.1) is 0 Å². The summed E-state index contributed by atoms with van der Waals surface area (Å²) in [6.45, 7) is 1.37. The van der Waals surface area contributed by atoms with Crippen LogP contribution in [0.25, 0.3) is 22.2 Å². The third-order valence-electron chi connectivity index (χ3n) is 6.58. The summed E-state index contributed by atoms with van der Waals surface area (Å²) in [6, 6.07) is 8.46. The van der Waals surface area contributed by atoms with E-state index in [9.17, 15) is 31.1 Å². The molecule has 3 aromatic heterocycles. The molecule has 0 aliphatic carbocycles. The minimum atomic E-state index is -4.64. The molecular formula is C27H23F6N7O. The van der Waals surface area contributed by atoms with Crippen LogP contribution in [0.1, 0.15) is 29.9 Å². The number of hydrogen-bond donors (Lipinski definition) is 3. The molecular weight excluding hydrogens is 552 g/mol. The van der Waals surface area contributed by atoms with Crippen molar-refractivity contribution in [2.45, 2.75) is 31.7 Å². The van der Waals surface area contributed by atoms with Gasteiger partial charge >= 0.3 is 12.4 Å². The van der Waals surface area contributed by atoms with Gasteiger partial charge in [-0.2, -0.15) is 26.3 Å². The lowest BCUT2D eigenvalue weighted by molar-refractivity contribution is -0.141. The topological polar surface area (TPSA) is 105 Å². The van der Waals surface area contributed by atoms with E-state index in [1.54, 1.807) is 0 Å². The van der Waals surface area contributed by atoms with Crippen LogP contribution >= 0.6 is 0 Å². The van der Waals surface area contributed by atoms with Crippen LogP contribution in [0.4, 0.5) is 37.8 Å². The fourth-order valence-electron chi connectivity index (χ4n) is 4.53. The highest BCUT2D eigenvalue weighted by molar-refractivity contribution is 5.93. The van der Waals surface area contributed by atoms with Gasteiger partial charge < -0.3 is 16.0 Å². The Balaban J connectivity index is 1.52. The van der Waals surface area contributed by atoms with Gasteiger partial charge in [0.15, 0.2) is 5.82 Å². The Bertz CT molecular complexity index is 1550. The number of carbonyl (C=O) groups excluding carboxylic acids is 1. The summed E-state index contributed by atoms with van der Waals surface area (Å²) in [5.41, 5.74) is -1.70. The second kappa shape index (κ2) is 11.3. The van der Waals surface area contributed by atoms with Crippen molar-refractivity contribution in [2.75, 3.05) is 18.4 Å². The van der Waals surface area contributed by atoms with E-state index in [0.29, 0.717) is 18.2 Å². The van der Waals surface area contributed by atoms with Gasteiger partial charge in [-0.1, -0.05) is 6.07 Å². The third kappa shape index (κ3) is 6.53. The molecule has 14 heteroatoms. The van der Waals surface area contributed by atoms with E-state index in [0.717, 1.165) is 31.4 Å². The molecule has 4 heterocycles. The molecule has 4 aromatic rings. The van der Waals surface area contributed by atoms with E-state index in [-0.39, 0.29) is 52.5 Å². The molecule has 0 saturated carbocycles. The number of nitrogens with zero attached hydrogens (tertiary/aromatic N) is 4. The minimum absolute atomic E-state index is 0.0692. The van der Waals surface area contributed by atoms with Crippen molar-refractivity contribution in [3.8, 4) is 11.3 Å². The molecule has 1 fully saturated rings. The Labute approximate surface area is 229 Å². The Kier molecular flexibility index (Phi) is 7.76. The number of rotatable bonds is 6. The molecule has 0 atom stereocenters. The van der Waals surface area contributed by atoms with Crippen molar-refractivity contribution < 1.29 is 31.1 Å². The number of pyridine rings is 2. The number of halogens is 6. The van der Waals surface area contributed by atoms with Gasteiger partial charge in [0.1, 0.15) is 11.5 Å². The summed E-state index contributed by atoms with van der Waals surface area (Å²) in [7, 11) is 0. The zero-order valence-electron chi connectivity index (χ0n) is 21.3. The molecule has 1 amide bonds. The largest absolute Gasteiger partial charge is 0.433 e. The number of aromatic nitrogens is 4. The lowest BCUT2D eigenvalue weighted by Gasteiger charge is -2.21. The Morgan fingerprint density at radius 1 is 0.951 bits per heavy atom. The lowest BCUT2D eigenvalue weighted by Crippen LogP contribution is -2.38. The fourth-order valence-corrected chi connectivity index (χ4v) is 4.53. The fraction of sp³-hybridized carbons (Fsp3) is 0.296. The second-order valence-electron chi connectivity index (χ2n) is 9.41.